The van der Waals surface area contributed by atoms with E-state index in [1.165, 1.54) is 0 Å². The number of anilines is 1. The lowest BCUT2D eigenvalue weighted by atomic mass is 10.1. The Hall–Kier alpha value is -1.19. The van der Waals surface area contributed by atoms with Crippen LogP contribution in [0.3, 0.4) is 0 Å². The molecule has 2 aromatic rings. The molecule has 0 bridgehead atoms. The Kier molecular flexibility index (Phi) is 3.54. The maximum absolute atomic E-state index is 6.23. The fraction of sp³-hybridized carbons (Fsp3) is 0.357. The van der Waals surface area contributed by atoms with E-state index in [0.29, 0.717) is 15.9 Å². The normalized spacial score (nSPS) is 11.9. The minimum Gasteiger partial charge on any atom is -0.383 e. The molecule has 0 spiro atoms. The van der Waals surface area contributed by atoms with Gasteiger partial charge in [-0.1, -0.05) is 29.3 Å². The molecule has 0 aliphatic carbocycles. The van der Waals surface area contributed by atoms with Crippen LogP contribution in [-0.2, 0) is 5.54 Å². The minimum atomic E-state index is -0.115. The largest absolute Gasteiger partial charge is 0.383 e. The molecule has 0 aliphatic heterocycles. The maximum atomic E-state index is 6.23. The van der Waals surface area contributed by atoms with Crippen molar-refractivity contribution in [2.75, 3.05) is 5.73 Å². The van der Waals surface area contributed by atoms with E-state index in [1.807, 2.05) is 17.6 Å². The van der Waals surface area contributed by atoms with Gasteiger partial charge in [-0.05, 0) is 39.8 Å². The van der Waals surface area contributed by atoms with E-state index in [-0.39, 0.29) is 5.54 Å². The van der Waals surface area contributed by atoms with Crippen LogP contribution in [0.4, 0.5) is 5.82 Å². The first kappa shape index (κ1) is 14.2. The number of hydrogen-bond acceptors (Lipinski definition) is 2. The summed E-state index contributed by atoms with van der Waals surface area (Å²) in [6, 6.07) is 5.42. The van der Waals surface area contributed by atoms with Gasteiger partial charge >= 0.3 is 0 Å². The zero-order valence-electron chi connectivity index (χ0n) is 11.5. The molecule has 1 aromatic carbocycles. The van der Waals surface area contributed by atoms with Gasteiger partial charge in [-0.25, -0.2) is 4.98 Å². The van der Waals surface area contributed by atoms with Gasteiger partial charge < -0.3 is 10.3 Å². The predicted molar refractivity (Wildman–Crippen MR) is 81.8 cm³/mol. The molecule has 2 N–H and O–H groups in total. The van der Waals surface area contributed by atoms with Gasteiger partial charge in [0.15, 0.2) is 0 Å². The summed E-state index contributed by atoms with van der Waals surface area (Å²) in [6.07, 6.45) is 0. The van der Waals surface area contributed by atoms with Crippen molar-refractivity contribution in [1.29, 1.82) is 0 Å². The first-order chi connectivity index (χ1) is 8.71. The maximum Gasteiger partial charge on any atom is 0.132 e. The minimum absolute atomic E-state index is 0.115. The highest BCUT2D eigenvalue weighted by Gasteiger charge is 2.22. The second-order valence-corrected chi connectivity index (χ2v) is 6.34. The number of imidazole rings is 1. The summed E-state index contributed by atoms with van der Waals surface area (Å²) in [6.45, 7) is 8.23. The van der Waals surface area contributed by atoms with Crippen molar-refractivity contribution in [3.63, 3.8) is 0 Å². The second kappa shape index (κ2) is 4.73. The summed E-state index contributed by atoms with van der Waals surface area (Å²) in [7, 11) is 0. The lowest BCUT2D eigenvalue weighted by Gasteiger charge is -2.24. The molecule has 2 rings (SSSR count). The van der Waals surface area contributed by atoms with Gasteiger partial charge in [-0.2, -0.15) is 0 Å². The van der Waals surface area contributed by atoms with Crippen LogP contribution in [0.5, 0.6) is 0 Å². The number of rotatable bonds is 1. The molecule has 0 saturated carbocycles. The van der Waals surface area contributed by atoms with Crippen LogP contribution in [0.1, 0.15) is 26.6 Å². The van der Waals surface area contributed by atoms with Gasteiger partial charge in [0, 0.05) is 11.1 Å². The average Bonchev–Trinajstić information content (AvgIpc) is 2.57. The summed E-state index contributed by atoms with van der Waals surface area (Å²) in [5.74, 6) is 1.52. The molecule has 0 saturated heterocycles. The Balaban J connectivity index is 2.61. The van der Waals surface area contributed by atoms with Crippen LogP contribution >= 0.6 is 23.2 Å². The van der Waals surface area contributed by atoms with Crippen molar-refractivity contribution in [3.05, 3.63) is 34.1 Å². The number of aromatic nitrogens is 2. The third-order valence-corrected chi connectivity index (χ3v) is 3.68. The number of nitrogens with zero attached hydrogens (tertiary/aromatic N) is 2. The van der Waals surface area contributed by atoms with Crippen molar-refractivity contribution in [2.45, 2.75) is 33.2 Å². The van der Waals surface area contributed by atoms with Gasteiger partial charge in [0.25, 0.3) is 0 Å². The van der Waals surface area contributed by atoms with Gasteiger partial charge in [0.1, 0.15) is 17.3 Å². The zero-order chi connectivity index (χ0) is 14.4. The molecule has 5 heteroatoms. The first-order valence-electron chi connectivity index (χ1n) is 6.02. The third-order valence-electron chi connectivity index (χ3n) is 2.94. The average molecular weight is 298 g/mol. The fourth-order valence-corrected chi connectivity index (χ4v) is 2.55. The van der Waals surface area contributed by atoms with E-state index in [0.717, 1.165) is 17.1 Å². The molecule has 0 unspecified atom stereocenters. The van der Waals surface area contributed by atoms with Gasteiger partial charge in [0.2, 0.25) is 0 Å². The van der Waals surface area contributed by atoms with E-state index in [2.05, 4.69) is 25.8 Å². The number of nitrogen functional groups attached to an aromatic ring is 1. The monoisotopic (exact) mass is 297 g/mol. The van der Waals surface area contributed by atoms with Crippen LogP contribution in [0.15, 0.2) is 18.2 Å². The van der Waals surface area contributed by atoms with Gasteiger partial charge in [-0.15, -0.1) is 0 Å². The quantitative estimate of drug-likeness (QED) is 0.842. The summed E-state index contributed by atoms with van der Waals surface area (Å²) >= 11 is 12.0. The topological polar surface area (TPSA) is 43.8 Å². The molecule has 0 atom stereocenters. The number of benzene rings is 1. The van der Waals surface area contributed by atoms with Crippen molar-refractivity contribution < 1.29 is 0 Å². The molecule has 19 heavy (non-hydrogen) atoms. The molecule has 0 fully saturated rings. The molecule has 0 aliphatic rings. The number of aryl methyl sites for hydroxylation is 1. The number of halogens is 2. The first-order valence-corrected chi connectivity index (χ1v) is 6.78. The third kappa shape index (κ3) is 2.58. The van der Waals surface area contributed by atoms with Crippen LogP contribution < -0.4 is 5.73 Å². The van der Waals surface area contributed by atoms with Crippen LogP contribution in [0.25, 0.3) is 11.3 Å². The molecule has 0 amide bonds. The highest BCUT2D eigenvalue weighted by molar-refractivity contribution is 6.42. The van der Waals surface area contributed by atoms with E-state index < -0.39 is 0 Å². The highest BCUT2D eigenvalue weighted by atomic mass is 35.5. The number of nitrogens with two attached hydrogens (primary N) is 1. The molecule has 102 valence electrons. The van der Waals surface area contributed by atoms with Crippen LogP contribution in [-0.4, -0.2) is 9.55 Å². The summed E-state index contributed by atoms with van der Waals surface area (Å²) < 4.78 is 2.02. The molecular formula is C14H17Cl2N3. The summed E-state index contributed by atoms with van der Waals surface area (Å²) in [5.41, 5.74) is 7.73. The Morgan fingerprint density at radius 2 is 1.79 bits per heavy atom. The lowest BCUT2D eigenvalue weighted by molar-refractivity contribution is 0.393. The SMILES string of the molecule is Cc1nc(-c2ccc(Cl)c(Cl)c2)c(N)n1C(C)(C)C. The van der Waals surface area contributed by atoms with Crippen LogP contribution in [0.2, 0.25) is 10.0 Å². The molecule has 1 heterocycles. The van der Waals surface area contributed by atoms with Crippen molar-refractivity contribution in [2.24, 2.45) is 0 Å². The van der Waals surface area contributed by atoms with Gasteiger partial charge in [-0.3, -0.25) is 0 Å². The van der Waals surface area contributed by atoms with Crippen LogP contribution in [0, 0.1) is 6.92 Å². The fourth-order valence-electron chi connectivity index (χ4n) is 2.25. The molecule has 3 nitrogen and oxygen atoms in total. The zero-order valence-corrected chi connectivity index (χ0v) is 13.0. The number of hydrogen-bond donors (Lipinski definition) is 1. The highest BCUT2D eigenvalue weighted by Crippen LogP contribution is 2.34. The van der Waals surface area contributed by atoms with E-state index >= 15 is 0 Å². The summed E-state index contributed by atoms with van der Waals surface area (Å²) in [4.78, 5) is 4.55. The van der Waals surface area contributed by atoms with E-state index in [1.54, 1.807) is 12.1 Å². The predicted octanol–water partition coefficient (Wildman–Crippen LogP) is 4.50. The van der Waals surface area contributed by atoms with Gasteiger partial charge in [0.05, 0.1) is 10.0 Å². The van der Waals surface area contributed by atoms with Crippen molar-refractivity contribution in [1.82, 2.24) is 9.55 Å². The smallest absolute Gasteiger partial charge is 0.132 e. The van der Waals surface area contributed by atoms with Crippen molar-refractivity contribution >= 4 is 29.0 Å². The van der Waals surface area contributed by atoms with Crippen molar-refractivity contribution in [3.8, 4) is 11.3 Å². The molecule has 1 aromatic heterocycles. The molecular weight excluding hydrogens is 281 g/mol. The molecule has 0 radical (unpaired) electrons. The Morgan fingerprint density at radius 1 is 1.16 bits per heavy atom. The Bertz CT molecular complexity index is 624. The van der Waals surface area contributed by atoms with E-state index in [9.17, 15) is 0 Å². The Labute approximate surface area is 123 Å². The Morgan fingerprint density at radius 3 is 2.26 bits per heavy atom. The lowest BCUT2D eigenvalue weighted by Crippen LogP contribution is -2.24. The standard InChI is InChI=1S/C14H17Cl2N3/c1-8-18-12(13(17)19(8)14(2,3)4)9-5-6-10(15)11(16)7-9/h5-7H,17H2,1-4H3. The summed E-state index contributed by atoms with van der Waals surface area (Å²) in [5, 5.41) is 1.03. The second-order valence-electron chi connectivity index (χ2n) is 5.53. The van der Waals surface area contributed by atoms with E-state index in [4.69, 9.17) is 28.9 Å².